The largest absolute Gasteiger partial charge is 0.489 e. The first-order chi connectivity index (χ1) is 14.6. The molecule has 4 aromatic rings. The van der Waals surface area contributed by atoms with E-state index >= 15 is 0 Å². The summed E-state index contributed by atoms with van der Waals surface area (Å²) in [7, 11) is 0. The number of aliphatic carboxylic acids is 1. The third-order valence-electron chi connectivity index (χ3n) is 5.22. The fraction of sp³-hybridized carbons (Fsp3) is 0.200. The van der Waals surface area contributed by atoms with Gasteiger partial charge in [-0.2, -0.15) is 0 Å². The number of rotatable bonds is 8. The second-order valence-corrected chi connectivity index (χ2v) is 7.54. The Bertz CT molecular complexity index is 1130. The first-order valence-corrected chi connectivity index (χ1v) is 10.0. The standard InChI is InChI=1S/C25H24N2O3/c1-18(13-25(28)29)21-8-10-22(11-9-21)30-16-20-7-12-24-23(14-20)26-17-27(24)15-19-5-3-2-4-6-19/h2-12,14,17-18H,13,15-16H2,1H3,(H,28,29)/t18-/m0/s1. The van der Waals surface area contributed by atoms with Crippen LogP contribution in [0.15, 0.2) is 79.1 Å². The van der Waals surface area contributed by atoms with E-state index in [1.165, 1.54) is 5.56 Å². The number of fused-ring (bicyclic) bond motifs is 1. The maximum absolute atomic E-state index is 10.9. The average Bonchev–Trinajstić information content (AvgIpc) is 3.15. The van der Waals surface area contributed by atoms with Crippen LogP contribution in [-0.4, -0.2) is 20.6 Å². The Kier molecular flexibility index (Phi) is 5.80. The van der Waals surface area contributed by atoms with Crippen molar-refractivity contribution in [1.29, 1.82) is 0 Å². The summed E-state index contributed by atoms with van der Waals surface area (Å²) in [5.41, 5.74) is 5.33. The quantitative estimate of drug-likeness (QED) is 0.439. The highest BCUT2D eigenvalue weighted by Crippen LogP contribution is 2.23. The third kappa shape index (κ3) is 4.69. The van der Waals surface area contributed by atoms with E-state index in [4.69, 9.17) is 9.84 Å². The van der Waals surface area contributed by atoms with Gasteiger partial charge in [0.15, 0.2) is 0 Å². The van der Waals surface area contributed by atoms with E-state index in [1.807, 2.05) is 55.7 Å². The molecule has 0 aliphatic heterocycles. The molecule has 0 saturated carbocycles. The van der Waals surface area contributed by atoms with E-state index < -0.39 is 5.97 Å². The van der Waals surface area contributed by atoms with Crippen LogP contribution < -0.4 is 4.74 Å². The molecular weight excluding hydrogens is 376 g/mol. The molecule has 0 aliphatic carbocycles. The summed E-state index contributed by atoms with van der Waals surface area (Å²) in [6, 6.07) is 24.2. The molecule has 152 valence electrons. The van der Waals surface area contributed by atoms with Gasteiger partial charge in [-0.1, -0.05) is 55.5 Å². The molecular formula is C25H24N2O3. The van der Waals surface area contributed by atoms with Crippen molar-refractivity contribution >= 4 is 17.0 Å². The number of nitrogens with zero attached hydrogens (tertiary/aromatic N) is 2. The minimum absolute atomic E-state index is 0.0232. The van der Waals surface area contributed by atoms with E-state index in [0.29, 0.717) is 6.61 Å². The van der Waals surface area contributed by atoms with Crippen molar-refractivity contribution in [3.8, 4) is 5.75 Å². The van der Waals surface area contributed by atoms with Crippen LogP contribution in [0.1, 0.15) is 36.0 Å². The number of carbonyl (C=O) groups is 1. The van der Waals surface area contributed by atoms with E-state index in [2.05, 4.69) is 39.9 Å². The van der Waals surface area contributed by atoms with Crippen molar-refractivity contribution in [1.82, 2.24) is 9.55 Å². The number of aromatic nitrogens is 2. The minimum atomic E-state index is -0.788. The van der Waals surface area contributed by atoms with Crippen LogP contribution in [0.4, 0.5) is 0 Å². The first kappa shape index (κ1) is 19.7. The number of ether oxygens (including phenoxy) is 1. The van der Waals surface area contributed by atoms with Gasteiger partial charge in [-0.3, -0.25) is 4.79 Å². The highest BCUT2D eigenvalue weighted by Gasteiger charge is 2.10. The first-order valence-electron chi connectivity index (χ1n) is 10.0. The summed E-state index contributed by atoms with van der Waals surface area (Å²) >= 11 is 0. The van der Waals surface area contributed by atoms with Crippen LogP contribution >= 0.6 is 0 Å². The fourth-order valence-corrected chi connectivity index (χ4v) is 3.54. The monoisotopic (exact) mass is 400 g/mol. The van der Waals surface area contributed by atoms with E-state index in [-0.39, 0.29) is 12.3 Å². The lowest BCUT2D eigenvalue weighted by atomic mass is 9.98. The lowest BCUT2D eigenvalue weighted by Crippen LogP contribution is -2.03. The summed E-state index contributed by atoms with van der Waals surface area (Å²) in [4.78, 5) is 15.4. The molecule has 4 rings (SSSR count). The van der Waals surface area contributed by atoms with Gasteiger partial charge in [0.05, 0.1) is 23.8 Å². The van der Waals surface area contributed by atoms with Crippen molar-refractivity contribution in [2.75, 3.05) is 0 Å². The van der Waals surface area contributed by atoms with Gasteiger partial charge in [0.25, 0.3) is 0 Å². The maximum Gasteiger partial charge on any atom is 0.303 e. The Morgan fingerprint density at radius 3 is 2.53 bits per heavy atom. The molecule has 30 heavy (non-hydrogen) atoms. The minimum Gasteiger partial charge on any atom is -0.489 e. The highest BCUT2D eigenvalue weighted by atomic mass is 16.5. The lowest BCUT2D eigenvalue weighted by Gasteiger charge is -2.11. The number of hydrogen-bond acceptors (Lipinski definition) is 3. The van der Waals surface area contributed by atoms with Gasteiger partial charge in [0, 0.05) is 6.54 Å². The molecule has 0 amide bonds. The Morgan fingerprint density at radius 2 is 1.80 bits per heavy atom. The Morgan fingerprint density at radius 1 is 1.03 bits per heavy atom. The Labute approximate surface area is 175 Å². The predicted octanol–water partition coefficient (Wildman–Crippen LogP) is 5.24. The molecule has 5 heteroatoms. The van der Waals surface area contributed by atoms with Gasteiger partial charge in [-0.15, -0.1) is 0 Å². The van der Waals surface area contributed by atoms with Crippen LogP contribution in [0.2, 0.25) is 0 Å². The molecule has 1 atom stereocenters. The van der Waals surface area contributed by atoms with Crippen molar-refractivity contribution in [2.24, 2.45) is 0 Å². The maximum atomic E-state index is 10.9. The Hall–Kier alpha value is -3.60. The van der Waals surface area contributed by atoms with Crippen molar-refractivity contribution in [2.45, 2.75) is 32.4 Å². The molecule has 0 radical (unpaired) electrons. The van der Waals surface area contributed by atoms with Gasteiger partial charge >= 0.3 is 5.97 Å². The molecule has 1 aromatic heterocycles. The summed E-state index contributed by atoms with van der Waals surface area (Å²) in [6.45, 7) is 3.15. The van der Waals surface area contributed by atoms with Crippen LogP contribution in [0.5, 0.6) is 5.75 Å². The highest BCUT2D eigenvalue weighted by molar-refractivity contribution is 5.76. The molecule has 1 heterocycles. The fourth-order valence-electron chi connectivity index (χ4n) is 3.54. The number of imidazole rings is 1. The van der Waals surface area contributed by atoms with Crippen LogP contribution in [-0.2, 0) is 17.9 Å². The molecule has 0 unspecified atom stereocenters. The Balaban J connectivity index is 1.40. The van der Waals surface area contributed by atoms with Crippen LogP contribution in [0, 0.1) is 0 Å². The summed E-state index contributed by atoms with van der Waals surface area (Å²) in [5, 5.41) is 8.93. The second kappa shape index (κ2) is 8.82. The van der Waals surface area contributed by atoms with Crippen molar-refractivity contribution in [3.63, 3.8) is 0 Å². The summed E-state index contributed by atoms with van der Waals surface area (Å²) in [6.07, 6.45) is 2.00. The van der Waals surface area contributed by atoms with Gasteiger partial charge in [-0.05, 0) is 46.9 Å². The smallest absolute Gasteiger partial charge is 0.303 e. The van der Waals surface area contributed by atoms with E-state index in [1.54, 1.807) is 0 Å². The normalized spacial score (nSPS) is 12.0. The van der Waals surface area contributed by atoms with Gasteiger partial charge in [0.2, 0.25) is 0 Å². The molecule has 5 nitrogen and oxygen atoms in total. The molecule has 0 spiro atoms. The molecule has 0 aliphatic rings. The number of hydrogen-bond donors (Lipinski definition) is 1. The molecule has 0 fully saturated rings. The third-order valence-corrected chi connectivity index (χ3v) is 5.22. The second-order valence-electron chi connectivity index (χ2n) is 7.54. The van der Waals surface area contributed by atoms with Gasteiger partial charge in [0.1, 0.15) is 12.4 Å². The molecule has 1 N–H and O–H groups in total. The molecule has 3 aromatic carbocycles. The zero-order valence-electron chi connectivity index (χ0n) is 16.9. The van der Waals surface area contributed by atoms with Crippen LogP contribution in [0.3, 0.4) is 0 Å². The zero-order valence-corrected chi connectivity index (χ0v) is 16.9. The van der Waals surface area contributed by atoms with Crippen molar-refractivity contribution in [3.05, 3.63) is 95.8 Å². The SMILES string of the molecule is C[C@@H](CC(=O)O)c1ccc(OCc2ccc3c(c2)ncn3Cc2ccccc2)cc1. The summed E-state index contributed by atoms with van der Waals surface area (Å²) in [5.74, 6) is -0.0506. The molecule has 0 bridgehead atoms. The number of carboxylic acid groups (broad SMARTS) is 1. The van der Waals surface area contributed by atoms with Gasteiger partial charge in [-0.25, -0.2) is 4.98 Å². The topological polar surface area (TPSA) is 64.3 Å². The van der Waals surface area contributed by atoms with Gasteiger partial charge < -0.3 is 14.4 Å². The van der Waals surface area contributed by atoms with E-state index in [9.17, 15) is 4.79 Å². The van der Waals surface area contributed by atoms with Crippen LogP contribution in [0.25, 0.3) is 11.0 Å². The number of carboxylic acids is 1. The van der Waals surface area contributed by atoms with Crippen molar-refractivity contribution < 1.29 is 14.6 Å². The van der Waals surface area contributed by atoms with E-state index in [0.717, 1.165) is 34.5 Å². The average molecular weight is 400 g/mol. The summed E-state index contributed by atoms with van der Waals surface area (Å²) < 4.78 is 8.05. The molecule has 0 saturated heterocycles. The lowest BCUT2D eigenvalue weighted by molar-refractivity contribution is -0.137. The predicted molar refractivity (Wildman–Crippen MR) is 117 cm³/mol. The zero-order chi connectivity index (χ0) is 20.9. The number of benzene rings is 3.